The van der Waals surface area contributed by atoms with Crippen LogP contribution in [0.3, 0.4) is 0 Å². The zero-order valence-electron chi connectivity index (χ0n) is 10.7. The predicted molar refractivity (Wildman–Crippen MR) is 77.7 cm³/mol. The van der Waals surface area contributed by atoms with E-state index >= 15 is 0 Å². The van der Waals surface area contributed by atoms with Gasteiger partial charge in [0.15, 0.2) is 0 Å². The highest BCUT2D eigenvalue weighted by molar-refractivity contribution is 6.17. The van der Waals surface area contributed by atoms with Gasteiger partial charge in [-0.1, -0.05) is 18.2 Å². The molecule has 1 aliphatic rings. The smallest absolute Gasteiger partial charge is 0.125 e. The first-order valence-corrected chi connectivity index (χ1v) is 6.95. The van der Waals surface area contributed by atoms with Gasteiger partial charge in [0.2, 0.25) is 0 Å². The van der Waals surface area contributed by atoms with Crippen molar-refractivity contribution in [1.29, 1.82) is 0 Å². The quantitative estimate of drug-likeness (QED) is 0.721. The Kier molecular flexibility index (Phi) is 3.19. The fourth-order valence-corrected chi connectivity index (χ4v) is 2.96. The Morgan fingerprint density at radius 3 is 2.84 bits per heavy atom. The van der Waals surface area contributed by atoms with Crippen LogP contribution in [0.25, 0.3) is 0 Å². The van der Waals surface area contributed by atoms with Crippen LogP contribution in [-0.4, -0.2) is 6.04 Å². The molecule has 0 N–H and O–H groups in total. The van der Waals surface area contributed by atoms with Gasteiger partial charge in [-0.25, -0.2) is 4.39 Å². The van der Waals surface area contributed by atoms with Crippen molar-refractivity contribution in [2.75, 3.05) is 4.90 Å². The molecule has 0 aromatic heterocycles. The molecule has 1 nitrogen and oxygen atoms in total. The minimum atomic E-state index is -0.232. The summed E-state index contributed by atoms with van der Waals surface area (Å²) < 4.78 is 13.7. The maximum Gasteiger partial charge on any atom is 0.125 e. The number of benzene rings is 2. The lowest BCUT2D eigenvalue weighted by Gasteiger charge is -2.25. The Hall–Kier alpha value is -1.54. The molecule has 1 aliphatic heterocycles. The van der Waals surface area contributed by atoms with E-state index < -0.39 is 0 Å². The summed E-state index contributed by atoms with van der Waals surface area (Å²) in [5, 5.41) is 0. The molecule has 19 heavy (non-hydrogen) atoms. The molecular formula is C16H15ClFN. The second-order valence-corrected chi connectivity index (χ2v) is 5.27. The van der Waals surface area contributed by atoms with Gasteiger partial charge in [0.05, 0.1) is 0 Å². The lowest BCUT2D eigenvalue weighted by Crippen LogP contribution is -2.24. The van der Waals surface area contributed by atoms with E-state index in [9.17, 15) is 4.39 Å². The van der Waals surface area contributed by atoms with Crippen LogP contribution in [0.5, 0.6) is 0 Å². The van der Waals surface area contributed by atoms with Crippen molar-refractivity contribution >= 4 is 23.0 Å². The van der Waals surface area contributed by atoms with Crippen LogP contribution in [0.4, 0.5) is 15.8 Å². The monoisotopic (exact) mass is 275 g/mol. The van der Waals surface area contributed by atoms with Crippen LogP contribution in [0.15, 0.2) is 42.5 Å². The van der Waals surface area contributed by atoms with Crippen molar-refractivity contribution in [3.63, 3.8) is 0 Å². The number of fused-ring (bicyclic) bond motifs is 1. The third-order valence-corrected chi connectivity index (χ3v) is 3.89. The number of nitrogens with zero attached hydrogens (tertiary/aromatic N) is 1. The normalized spacial score (nSPS) is 17.6. The Labute approximate surface area is 117 Å². The van der Waals surface area contributed by atoms with E-state index in [0.717, 1.165) is 17.7 Å². The van der Waals surface area contributed by atoms with Gasteiger partial charge < -0.3 is 4.90 Å². The van der Waals surface area contributed by atoms with E-state index in [0.29, 0.717) is 11.9 Å². The number of hydrogen-bond donors (Lipinski definition) is 0. The van der Waals surface area contributed by atoms with Crippen molar-refractivity contribution in [1.82, 2.24) is 0 Å². The Morgan fingerprint density at radius 1 is 1.26 bits per heavy atom. The molecule has 1 heterocycles. The zero-order chi connectivity index (χ0) is 13.4. The second kappa shape index (κ2) is 4.86. The fourth-order valence-electron chi connectivity index (χ4n) is 2.81. The average molecular weight is 276 g/mol. The van der Waals surface area contributed by atoms with Crippen molar-refractivity contribution in [2.24, 2.45) is 0 Å². The predicted octanol–water partition coefficient (Wildman–Crippen LogP) is 4.65. The van der Waals surface area contributed by atoms with E-state index in [1.54, 1.807) is 6.07 Å². The van der Waals surface area contributed by atoms with Crippen molar-refractivity contribution in [3.8, 4) is 0 Å². The van der Waals surface area contributed by atoms with E-state index in [2.05, 4.69) is 24.0 Å². The fraction of sp³-hybridized carbons (Fsp3) is 0.250. The summed E-state index contributed by atoms with van der Waals surface area (Å²) >= 11 is 5.83. The summed E-state index contributed by atoms with van der Waals surface area (Å²) in [4.78, 5) is 2.19. The number of hydrogen-bond acceptors (Lipinski definition) is 1. The van der Waals surface area contributed by atoms with Crippen LogP contribution in [0.1, 0.15) is 18.1 Å². The second-order valence-electron chi connectivity index (χ2n) is 5.00. The van der Waals surface area contributed by atoms with E-state index in [-0.39, 0.29) is 5.82 Å². The Balaban J connectivity index is 2.09. The molecular weight excluding hydrogens is 261 g/mol. The zero-order valence-corrected chi connectivity index (χ0v) is 11.5. The van der Waals surface area contributed by atoms with E-state index in [1.165, 1.54) is 17.3 Å². The van der Waals surface area contributed by atoms with Gasteiger partial charge in [-0.15, -0.1) is 11.6 Å². The van der Waals surface area contributed by atoms with Crippen LogP contribution in [0, 0.1) is 5.82 Å². The van der Waals surface area contributed by atoms with Gasteiger partial charge in [0.1, 0.15) is 5.82 Å². The number of rotatable bonds is 2. The van der Waals surface area contributed by atoms with Crippen LogP contribution >= 0.6 is 11.6 Å². The van der Waals surface area contributed by atoms with Crippen LogP contribution in [-0.2, 0) is 12.3 Å². The maximum absolute atomic E-state index is 13.7. The molecule has 3 heteroatoms. The summed E-state index contributed by atoms with van der Waals surface area (Å²) in [5.74, 6) is 0.0963. The lowest BCUT2D eigenvalue weighted by molar-refractivity contribution is 0.625. The molecule has 0 saturated heterocycles. The van der Waals surface area contributed by atoms with Crippen molar-refractivity contribution in [3.05, 3.63) is 59.4 Å². The van der Waals surface area contributed by atoms with Crippen molar-refractivity contribution < 1.29 is 4.39 Å². The molecule has 0 amide bonds. The van der Waals surface area contributed by atoms with Gasteiger partial charge in [-0.05, 0) is 48.7 Å². The van der Waals surface area contributed by atoms with Crippen LogP contribution in [0.2, 0.25) is 0 Å². The summed E-state index contributed by atoms with van der Waals surface area (Å²) in [5.41, 5.74) is 4.18. The summed E-state index contributed by atoms with van der Waals surface area (Å²) in [6, 6.07) is 13.7. The van der Waals surface area contributed by atoms with E-state index in [4.69, 9.17) is 11.6 Å². The number of anilines is 2. The van der Waals surface area contributed by atoms with Gasteiger partial charge in [-0.2, -0.15) is 0 Å². The van der Waals surface area contributed by atoms with Gasteiger partial charge in [0, 0.05) is 23.3 Å². The molecule has 98 valence electrons. The molecule has 0 spiro atoms. The lowest BCUT2D eigenvalue weighted by atomic mass is 10.1. The highest BCUT2D eigenvalue weighted by atomic mass is 35.5. The third kappa shape index (κ3) is 2.21. The Morgan fingerprint density at radius 2 is 2.05 bits per heavy atom. The molecule has 2 aromatic carbocycles. The number of halogens is 2. The highest BCUT2D eigenvalue weighted by Crippen LogP contribution is 2.38. The largest absolute Gasteiger partial charge is 0.338 e. The Bertz CT molecular complexity index is 611. The number of alkyl halides is 1. The van der Waals surface area contributed by atoms with Gasteiger partial charge in [0.25, 0.3) is 0 Å². The topological polar surface area (TPSA) is 3.24 Å². The molecule has 3 rings (SSSR count). The molecule has 0 saturated carbocycles. The molecule has 1 unspecified atom stereocenters. The minimum Gasteiger partial charge on any atom is -0.338 e. The summed E-state index contributed by atoms with van der Waals surface area (Å²) in [7, 11) is 0. The van der Waals surface area contributed by atoms with Crippen LogP contribution < -0.4 is 4.90 Å². The molecule has 0 fully saturated rings. The standard InChI is InChI=1S/C16H15ClFN/c1-11-6-13-4-2-3-5-16(13)19(11)15-8-12(10-17)7-14(18)9-15/h2-5,7-9,11H,6,10H2,1H3. The highest BCUT2D eigenvalue weighted by Gasteiger charge is 2.27. The third-order valence-electron chi connectivity index (χ3n) is 3.58. The average Bonchev–Trinajstić information content (AvgIpc) is 2.73. The molecule has 1 atom stereocenters. The summed E-state index contributed by atoms with van der Waals surface area (Å²) in [6.45, 7) is 2.16. The first kappa shape index (κ1) is 12.5. The van der Waals surface area contributed by atoms with Crippen molar-refractivity contribution in [2.45, 2.75) is 25.3 Å². The minimum absolute atomic E-state index is 0.232. The molecule has 0 radical (unpaired) electrons. The first-order chi connectivity index (χ1) is 9.19. The van der Waals surface area contributed by atoms with Gasteiger partial charge in [-0.3, -0.25) is 0 Å². The summed E-state index contributed by atoms with van der Waals surface area (Å²) in [6.07, 6.45) is 0.989. The molecule has 0 bridgehead atoms. The molecule has 2 aromatic rings. The SMILES string of the molecule is CC1Cc2ccccc2N1c1cc(F)cc(CCl)c1. The molecule has 0 aliphatic carbocycles. The maximum atomic E-state index is 13.7. The van der Waals surface area contributed by atoms with E-state index in [1.807, 2.05) is 18.2 Å². The van der Waals surface area contributed by atoms with Gasteiger partial charge >= 0.3 is 0 Å². The first-order valence-electron chi connectivity index (χ1n) is 6.41. The number of para-hydroxylation sites is 1.